The molecule has 0 radical (unpaired) electrons. The van der Waals surface area contributed by atoms with Gasteiger partial charge in [0.05, 0.1) is 15.6 Å². The summed E-state index contributed by atoms with van der Waals surface area (Å²) in [4.78, 5) is 14.5. The van der Waals surface area contributed by atoms with E-state index in [0.29, 0.717) is 5.69 Å². The van der Waals surface area contributed by atoms with Crippen LogP contribution in [0.25, 0.3) is 0 Å². The maximum Gasteiger partial charge on any atom is 0.262 e. The summed E-state index contributed by atoms with van der Waals surface area (Å²) in [5, 5.41) is 2.95. The molecule has 9 heteroatoms. The van der Waals surface area contributed by atoms with Crippen molar-refractivity contribution in [1.82, 2.24) is 4.72 Å². The molecule has 0 unspecified atom stereocenters. The molecule has 0 bridgehead atoms. The van der Waals surface area contributed by atoms with E-state index in [2.05, 4.69) is 10.0 Å². The van der Waals surface area contributed by atoms with Crippen LogP contribution in [-0.2, 0) is 14.8 Å². The molecular formula is C28H25ClN2O4S2. The SMILES string of the molecule is C[C@@H](NS(=O)(=O)c1ccc(OCC(=O)Nc2ccccc2Sc2ccccc2)c(Cl)c1)c1ccccc1. The molecule has 0 fully saturated rings. The van der Waals surface area contributed by atoms with Crippen molar-refractivity contribution < 1.29 is 17.9 Å². The summed E-state index contributed by atoms with van der Waals surface area (Å²) in [7, 11) is -3.82. The average Bonchev–Trinajstić information content (AvgIpc) is 2.90. The second-order valence-electron chi connectivity index (χ2n) is 8.09. The van der Waals surface area contributed by atoms with Crippen LogP contribution in [0, 0.1) is 0 Å². The molecule has 6 nitrogen and oxygen atoms in total. The standard InChI is InChI=1S/C28H25ClN2O4S2/c1-20(21-10-4-2-5-11-21)31-37(33,34)23-16-17-26(24(29)18-23)35-19-28(32)30-25-14-8-9-15-27(25)36-22-12-6-3-7-13-22/h2-18,20,31H,19H2,1H3,(H,30,32)/t20-/m1/s1. The van der Waals surface area contributed by atoms with Crippen molar-refractivity contribution in [2.24, 2.45) is 0 Å². The third-order valence-corrected chi connectivity index (χ3v) is 8.25. The minimum absolute atomic E-state index is 0.00365. The van der Waals surface area contributed by atoms with Gasteiger partial charge in [-0.25, -0.2) is 13.1 Å². The predicted molar refractivity (Wildman–Crippen MR) is 148 cm³/mol. The van der Waals surface area contributed by atoms with Gasteiger partial charge in [-0.15, -0.1) is 0 Å². The fourth-order valence-corrected chi connectivity index (χ4v) is 5.96. The van der Waals surface area contributed by atoms with Gasteiger partial charge in [0.1, 0.15) is 5.75 Å². The van der Waals surface area contributed by atoms with E-state index in [1.165, 1.54) is 18.2 Å². The topological polar surface area (TPSA) is 84.5 Å². The van der Waals surface area contributed by atoms with Gasteiger partial charge in [-0.1, -0.05) is 84.0 Å². The van der Waals surface area contributed by atoms with Gasteiger partial charge < -0.3 is 10.1 Å². The number of amides is 1. The number of anilines is 1. The molecule has 4 aromatic rings. The summed E-state index contributed by atoms with van der Waals surface area (Å²) in [6, 6.07) is 30.3. The molecule has 190 valence electrons. The van der Waals surface area contributed by atoms with Crippen molar-refractivity contribution in [3.63, 3.8) is 0 Å². The van der Waals surface area contributed by atoms with Crippen molar-refractivity contribution in [1.29, 1.82) is 0 Å². The van der Waals surface area contributed by atoms with E-state index in [4.69, 9.17) is 16.3 Å². The normalized spacial score (nSPS) is 12.1. The Bertz CT molecular complexity index is 1470. The van der Waals surface area contributed by atoms with Crippen LogP contribution < -0.4 is 14.8 Å². The highest BCUT2D eigenvalue weighted by Crippen LogP contribution is 2.33. The zero-order valence-electron chi connectivity index (χ0n) is 19.9. The molecule has 0 aliphatic rings. The lowest BCUT2D eigenvalue weighted by Gasteiger charge is -2.15. The number of rotatable bonds is 10. The Morgan fingerprint density at radius 3 is 2.27 bits per heavy atom. The number of hydrogen-bond acceptors (Lipinski definition) is 5. The molecule has 0 heterocycles. The molecule has 37 heavy (non-hydrogen) atoms. The summed E-state index contributed by atoms with van der Waals surface area (Å²) in [5.41, 5.74) is 1.50. The Hall–Kier alpha value is -3.30. The molecule has 0 aliphatic heterocycles. The first kappa shape index (κ1) is 26.8. The molecule has 0 saturated carbocycles. The van der Waals surface area contributed by atoms with Crippen LogP contribution in [0.3, 0.4) is 0 Å². The Morgan fingerprint density at radius 1 is 0.919 bits per heavy atom. The quantitative estimate of drug-likeness (QED) is 0.233. The van der Waals surface area contributed by atoms with Crippen LogP contribution >= 0.6 is 23.4 Å². The third kappa shape index (κ3) is 7.36. The van der Waals surface area contributed by atoms with Crippen molar-refractivity contribution >= 4 is 45.0 Å². The van der Waals surface area contributed by atoms with E-state index in [1.807, 2.05) is 84.9 Å². The number of carbonyl (C=O) groups excluding carboxylic acids is 1. The number of benzene rings is 4. The Morgan fingerprint density at radius 2 is 1.57 bits per heavy atom. The lowest BCUT2D eigenvalue weighted by molar-refractivity contribution is -0.118. The second kappa shape index (κ2) is 12.3. The van der Waals surface area contributed by atoms with Gasteiger partial charge in [0, 0.05) is 15.8 Å². The predicted octanol–water partition coefficient (Wildman–Crippen LogP) is 6.55. The third-order valence-electron chi connectivity index (χ3n) is 5.34. The number of nitrogens with one attached hydrogen (secondary N) is 2. The zero-order valence-corrected chi connectivity index (χ0v) is 22.3. The second-order valence-corrected chi connectivity index (χ2v) is 11.3. The maximum atomic E-state index is 12.8. The molecule has 1 atom stereocenters. The smallest absolute Gasteiger partial charge is 0.262 e. The molecular weight excluding hydrogens is 528 g/mol. The summed E-state index contributed by atoms with van der Waals surface area (Å²) in [6.45, 7) is 1.47. The van der Waals surface area contributed by atoms with E-state index in [0.717, 1.165) is 15.4 Å². The van der Waals surface area contributed by atoms with Crippen LogP contribution in [0.4, 0.5) is 5.69 Å². The Kier molecular flexibility index (Phi) is 8.89. The molecule has 2 N–H and O–H groups in total. The van der Waals surface area contributed by atoms with Gasteiger partial charge in [-0.05, 0) is 55.0 Å². The zero-order chi connectivity index (χ0) is 26.3. The molecule has 4 rings (SSSR count). The van der Waals surface area contributed by atoms with Crippen molar-refractivity contribution in [3.05, 3.63) is 114 Å². The molecule has 0 spiro atoms. The lowest BCUT2D eigenvalue weighted by Crippen LogP contribution is -2.27. The molecule has 1 amide bonds. The number of carbonyl (C=O) groups is 1. The van der Waals surface area contributed by atoms with Crippen LogP contribution in [-0.4, -0.2) is 20.9 Å². The largest absolute Gasteiger partial charge is 0.482 e. The Balaban J connectivity index is 1.37. The number of sulfonamides is 1. The minimum atomic E-state index is -3.82. The first-order chi connectivity index (χ1) is 17.8. The Labute approximate surface area is 226 Å². The van der Waals surface area contributed by atoms with Gasteiger partial charge >= 0.3 is 0 Å². The van der Waals surface area contributed by atoms with Crippen molar-refractivity contribution in [2.45, 2.75) is 27.7 Å². The molecule has 4 aromatic carbocycles. The fraction of sp³-hybridized carbons (Fsp3) is 0.107. The van der Waals surface area contributed by atoms with E-state index in [-0.39, 0.29) is 28.2 Å². The van der Waals surface area contributed by atoms with E-state index in [1.54, 1.807) is 18.7 Å². The summed E-state index contributed by atoms with van der Waals surface area (Å²) < 4.78 is 33.9. The van der Waals surface area contributed by atoms with Gasteiger partial charge in [0.25, 0.3) is 5.91 Å². The van der Waals surface area contributed by atoms with Crippen LogP contribution in [0.2, 0.25) is 5.02 Å². The van der Waals surface area contributed by atoms with Crippen molar-refractivity contribution in [3.8, 4) is 5.75 Å². The van der Waals surface area contributed by atoms with E-state index in [9.17, 15) is 13.2 Å². The van der Waals surface area contributed by atoms with E-state index >= 15 is 0 Å². The summed E-state index contributed by atoms with van der Waals surface area (Å²) >= 11 is 7.84. The molecule has 0 aromatic heterocycles. The highest BCUT2D eigenvalue weighted by atomic mass is 35.5. The van der Waals surface area contributed by atoms with Gasteiger partial charge in [-0.2, -0.15) is 0 Å². The summed E-state index contributed by atoms with van der Waals surface area (Å²) in [6.07, 6.45) is 0. The van der Waals surface area contributed by atoms with Crippen molar-refractivity contribution in [2.75, 3.05) is 11.9 Å². The summed E-state index contributed by atoms with van der Waals surface area (Å²) in [5.74, 6) is -0.161. The first-order valence-electron chi connectivity index (χ1n) is 11.4. The highest BCUT2D eigenvalue weighted by Gasteiger charge is 2.20. The van der Waals surface area contributed by atoms with E-state index < -0.39 is 16.1 Å². The number of para-hydroxylation sites is 1. The molecule has 0 aliphatic carbocycles. The fourth-order valence-electron chi connectivity index (χ4n) is 3.48. The average molecular weight is 553 g/mol. The van der Waals surface area contributed by atoms with Gasteiger partial charge in [-0.3, -0.25) is 4.79 Å². The number of hydrogen-bond donors (Lipinski definition) is 2. The number of halogens is 1. The highest BCUT2D eigenvalue weighted by molar-refractivity contribution is 7.99. The minimum Gasteiger partial charge on any atom is -0.482 e. The molecule has 0 saturated heterocycles. The lowest BCUT2D eigenvalue weighted by atomic mass is 10.1. The monoisotopic (exact) mass is 552 g/mol. The first-order valence-corrected chi connectivity index (χ1v) is 14.1. The van der Waals surface area contributed by atoms with Crippen LogP contribution in [0.15, 0.2) is 118 Å². The van der Waals surface area contributed by atoms with Gasteiger partial charge in [0.15, 0.2) is 6.61 Å². The van der Waals surface area contributed by atoms with Crippen LogP contribution in [0.5, 0.6) is 5.75 Å². The number of ether oxygens (including phenoxy) is 1. The van der Waals surface area contributed by atoms with Gasteiger partial charge in [0.2, 0.25) is 10.0 Å². The van der Waals surface area contributed by atoms with Crippen LogP contribution in [0.1, 0.15) is 18.5 Å². The maximum absolute atomic E-state index is 12.8.